The third-order valence-electron chi connectivity index (χ3n) is 6.19. The minimum atomic E-state index is -4.69. The first kappa shape index (κ1) is 21.4. The van der Waals surface area contributed by atoms with E-state index in [0.29, 0.717) is 17.1 Å². The minimum absolute atomic E-state index is 0.00136. The summed E-state index contributed by atoms with van der Waals surface area (Å²) in [6.45, 7) is 1.60. The number of rotatable bonds is 4. The van der Waals surface area contributed by atoms with Gasteiger partial charge in [-0.15, -0.1) is 10.2 Å². The third kappa shape index (κ3) is 3.94. The molecule has 10 heteroatoms. The Labute approximate surface area is 186 Å². The smallest absolute Gasteiger partial charge is 0.425 e. The van der Waals surface area contributed by atoms with Crippen molar-refractivity contribution in [3.63, 3.8) is 0 Å². The van der Waals surface area contributed by atoms with Crippen LogP contribution in [0, 0.1) is 6.92 Å². The second-order valence-electron chi connectivity index (χ2n) is 8.41. The van der Waals surface area contributed by atoms with E-state index in [0.717, 1.165) is 30.2 Å². The first-order chi connectivity index (χ1) is 15.8. The fraction of sp³-hybridized carbons (Fsp3) is 0.391. The van der Waals surface area contributed by atoms with Crippen LogP contribution in [0.4, 0.5) is 13.2 Å². The van der Waals surface area contributed by atoms with E-state index in [4.69, 9.17) is 4.42 Å². The van der Waals surface area contributed by atoms with Crippen molar-refractivity contribution in [3.05, 3.63) is 69.4 Å². The van der Waals surface area contributed by atoms with Gasteiger partial charge in [0, 0.05) is 17.2 Å². The maximum absolute atomic E-state index is 13.8. The van der Waals surface area contributed by atoms with Crippen LogP contribution >= 0.6 is 0 Å². The summed E-state index contributed by atoms with van der Waals surface area (Å²) in [5.41, 5.74) is -1.03. The van der Waals surface area contributed by atoms with Crippen LogP contribution in [0.2, 0.25) is 0 Å². The van der Waals surface area contributed by atoms with Gasteiger partial charge in [0.15, 0.2) is 5.65 Å². The average molecular weight is 457 g/mol. The quantitative estimate of drug-likeness (QED) is 0.464. The normalized spacial score (nSPS) is 15.4. The summed E-state index contributed by atoms with van der Waals surface area (Å²) < 4.78 is 48.1. The number of hydrogen-bond acceptors (Lipinski definition) is 5. The Hall–Kier alpha value is -3.43. The molecular weight excluding hydrogens is 435 g/mol. The van der Waals surface area contributed by atoms with Gasteiger partial charge in [-0.25, -0.2) is 9.50 Å². The number of nitrogens with zero attached hydrogens (tertiary/aromatic N) is 4. The second kappa shape index (κ2) is 8.17. The SMILES string of the molecule is Cc1nc2c(-c3ccccc3)c(C(F)(F)F)[nH]n2c(=O)c1Cc1nnc(C2CCCCC2)o1. The van der Waals surface area contributed by atoms with Crippen LogP contribution in [-0.2, 0) is 12.6 Å². The van der Waals surface area contributed by atoms with Crippen molar-refractivity contribution in [2.45, 2.75) is 57.5 Å². The van der Waals surface area contributed by atoms with Crippen molar-refractivity contribution >= 4 is 5.65 Å². The molecule has 0 unspecified atom stereocenters. The summed E-state index contributed by atoms with van der Waals surface area (Å²) in [4.78, 5) is 17.6. The van der Waals surface area contributed by atoms with Crippen LogP contribution in [0.3, 0.4) is 0 Å². The largest absolute Gasteiger partial charge is 0.433 e. The molecule has 1 saturated carbocycles. The first-order valence-corrected chi connectivity index (χ1v) is 10.9. The molecule has 0 amide bonds. The number of aromatic amines is 1. The summed E-state index contributed by atoms with van der Waals surface area (Å²) in [6.07, 6.45) is 0.703. The Morgan fingerprint density at radius 2 is 1.85 bits per heavy atom. The number of halogens is 3. The zero-order chi connectivity index (χ0) is 23.2. The van der Waals surface area contributed by atoms with Gasteiger partial charge in [0.25, 0.3) is 5.56 Å². The summed E-state index contributed by atoms with van der Waals surface area (Å²) in [6, 6.07) is 8.09. The number of benzene rings is 1. The van der Waals surface area contributed by atoms with Gasteiger partial charge in [0.2, 0.25) is 11.8 Å². The summed E-state index contributed by atoms with van der Waals surface area (Å²) in [7, 11) is 0. The topological polar surface area (TPSA) is 89.1 Å². The Morgan fingerprint density at radius 1 is 1.12 bits per heavy atom. The van der Waals surface area contributed by atoms with Crippen molar-refractivity contribution in [2.75, 3.05) is 0 Å². The number of nitrogens with one attached hydrogen (secondary N) is 1. The molecule has 1 aliphatic rings. The van der Waals surface area contributed by atoms with Crippen LogP contribution in [0.15, 0.2) is 39.5 Å². The monoisotopic (exact) mass is 457 g/mol. The maximum atomic E-state index is 13.8. The third-order valence-corrected chi connectivity index (χ3v) is 6.19. The van der Waals surface area contributed by atoms with Crippen LogP contribution in [0.5, 0.6) is 0 Å². The highest BCUT2D eigenvalue weighted by molar-refractivity contribution is 5.80. The van der Waals surface area contributed by atoms with Gasteiger partial charge < -0.3 is 4.42 Å². The summed E-state index contributed by atoms with van der Waals surface area (Å²) in [5.74, 6) is 1.03. The summed E-state index contributed by atoms with van der Waals surface area (Å²) >= 11 is 0. The zero-order valence-corrected chi connectivity index (χ0v) is 17.9. The van der Waals surface area contributed by atoms with Gasteiger partial charge in [0.1, 0.15) is 5.69 Å². The zero-order valence-electron chi connectivity index (χ0n) is 17.9. The van der Waals surface area contributed by atoms with Crippen molar-refractivity contribution in [2.24, 2.45) is 0 Å². The van der Waals surface area contributed by atoms with E-state index in [-0.39, 0.29) is 35.0 Å². The summed E-state index contributed by atoms with van der Waals surface area (Å²) in [5, 5.41) is 10.5. The fourth-order valence-corrected chi connectivity index (χ4v) is 4.50. The number of H-pyrrole nitrogens is 1. The predicted octanol–water partition coefficient (Wildman–Crippen LogP) is 5.04. The molecule has 1 N–H and O–H groups in total. The molecule has 0 spiro atoms. The van der Waals surface area contributed by atoms with Crippen LogP contribution in [0.1, 0.15) is 66.8 Å². The van der Waals surface area contributed by atoms with Gasteiger partial charge in [-0.3, -0.25) is 9.89 Å². The van der Waals surface area contributed by atoms with E-state index in [9.17, 15) is 18.0 Å². The number of alkyl halides is 3. The molecule has 7 nitrogen and oxygen atoms in total. The Bertz CT molecular complexity index is 1350. The predicted molar refractivity (Wildman–Crippen MR) is 114 cm³/mol. The average Bonchev–Trinajstić information content (AvgIpc) is 3.43. The molecule has 0 atom stereocenters. The molecular formula is C23H22F3N5O2. The number of fused-ring (bicyclic) bond motifs is 1. The molecule has 0 bridgehead atoms. The van der Waals surface area contributed by atoms with Crippen molar-refractivity contribution < 1.29 is 17.6 Å². The van der Waals surface area contributed by atoms with E-state index >= 15 is 0 Å². The van der Waals surface area contributed by atoms with Crippen molar-refractivity contribution in [1.82, 2.24) is 24.8 Å². The van der Waals surface area contributed by atoms with E-state index in [1.807, 2.05) is 0 Å². The van der Waals surface area contributed by atoms with E-state index in [1.54, 1.807) is 37.3 Å². The molecule has 0 aliphatic heterocycles. The molecule has 172 valence electrons. The highest BCUT2D eigenvalue weighted by Crippen LogP contribution is 2.38. The molecule has 1 fully saturated rings. The first-order valence-electron chi connectivity index (χ1n) is 10.9. The Kier molecular flexibility index (Phi) is 5.30. The fourth-order valence-electron chi connectivity index (χ4n) is 4.50. The standard InChI is InChI=1S/C23H22F3N5O2/c1-13-16(12-17-28-29-21(33-17)15-10-6-3-7-11-15)22(32)31-20(27-13)18(14-8-4-2-5-9-14)19(30-31)23(24,25)26/h2,4-5,8-9,15,30H,3,6-7,10-12H2,1H3. The highest BCUT2D eigenvalue weighted by Gasteiger charge is 2.38. The Balaban J connectivity index is 1.58. The van der Waals surface area contributed by atoms with Gasteiger partial charge in [-0.05, 0) is 25.3 Å². The van der Waals surface area contributed by atoms with Crippen LogP contribution in [-0.4, -0.2) is 24.8 Å². The molecule has 1 aromatic carbocycles. The van der Waals surface area contributed by atoms with Gasteiger partial charge >= 0.3 is 6.18 Å². The lowest BCUT2D eigenvalue weighted by Crippen LogP contribution is -2.22. The molecule has 3 heterocycles. The van der Waals surface area contributed by atoms with E-state index in [2.05, 4.69) is 20.3 Å². The number of hydrogen-bond donors (Lipinski definition) is 1. The maximum Gasteiger partial charge on any atom is 0.433 e. The van der Waals surface area contributed by atoms with E-state index in [1.165, 1.54) is 6.42 Å². The van der Waals surface area contributed by atoms with Crippen LogP contribution in [0.25, 0.3) is 16.8 Å². The van der Waals surface area contributed by atoms with Crippen molar-refractivity contribution in [1.29, 1.82) is 0 Å². The van der Waals surface area contributed by atoms with Gasteiger partial charge in [-0.2, -0.15) is 13.2 Å². The molecule has 33 heavy (non-hydrogen) atoms. The molecule has 1 aliphatic carbocycles. The van der Waals surface area contributed by atoms with Crippen molar-refractivity contribution in [3.8, 4) is 11.1 Å². The lowest BCUT2D eigenvalue weighted by molar-refractivity contribution is -0.140. The molecule has 0 radical (unpaired) electrons. The lowest BCUT2D eigenvalue weighted by atomic mass is 9.89. The molecule has 0 saturated heterocycles. The van der Waals surface area contributed by atoms with E-state index < -0.39 is 17.4 Å². The number of aromatic nitrogens is 5. The second-order valence-corrected chi connectivity index (χ2v) is 8.41. The molecule has 5 rings (SSSR count). The lowest BCUT2D eigenvalue weighted by Gasteiger charge is -2.17. The highest BCUT2D eigenvalue weighted by atomic mass is 19.4. The van der Waals surface area contributed by atoms with Gasteiger partial charge in [-0.1, -0.05) is 49.6 Å². The number of aryl methyl sites for hydroxylation is 1. The van der Waals surface area contributed by atoms with Gasteiger partial charge in [0.05, 0.1) is 12.0 Å². The van der Waals surface area contributed by atoms with Crippen LogP contribution < -0.4 is 5.56 Å². The minimum Gasteiger partial charge on any atom is -0.425 e. The Morgan fingerprint density at radius 3 is 2.55 bits per heavy atom. The molecule has 3 aromatic heterocycles. The molecule has 4 aromatic rings.